The van der Waals surface area contributed by atoms with E-state index in [1.54, 1.807) is 0 Å². The number of rotatable bonds is 8. The number of para-hydroxylation sites is 2. The van der Waals surface area contributed by atoms with Crippen LogP contribution in [0.4, 0.5) is 17.1 Å². The second-order valence-electron chi connectivity index (χ2n) is 13.9. The highest BCUT2D eigenvalue weighted by Gasteiger charge is 2.20. The van der Waals surface area contributed by atoms with E-state index in [1.807, 2.05) is 12.1 Å². The van der Waals surface area contributed by atoms with Crippen molar-refractivity contribution in [2.75, 3.05) is 17.2 Å². The summed E-state index contributed by atoms with van der Waals surface area (Å²) in [6.45, 7) is 0.854. The molecule has 0 fully saturated rings. The van der Waals surface area contributed by atoms with Gasteiger partial charge in [0.15, 0.2) is 0 Å². The second kappa shape index (κ2) is 14.2. The van der Waals surface area contributed by atoms with Gasteiger partial charge >= 0.3 is 0 Å². The number of allylic oxidation sites excluding steroid dienone is 3. The molecule has 0 aromatic heterocycles. The van der Waals surface area contributed by atoms with Gasteiger partial charge in [-0.15, -0.1) is 0 Å². The van der Waals surface area contributed by atoms with E-state index in [9.17, 15) is 0 Å². The second-order valence-corrected chi connectivity index (χ2v) is 13.9. The Morgan fingerprint density at radius 2 is 0.868 bits per heavy atom. The predicted molar refractivity (Wildman–Crippen MR) is 227 cm³/mol. The zero-order valence-electron chi connectivity index (χ0n) is 29.6. The molecular weight excluding hydrogens is 641 g/mol. The normalized spacial score (nSPS) is 13.8. The molecule has 0 aliphatic heterocycles. The molecule has 0 heterocycles. The summed E-state index contributed by atoms with van der Waals surface area (Å²) < 4.78 is 0. The van der Waals surface area contributed by atoms with Crippen LogP contribution >= 0.6 is 0 Å². The maximum absolute atomic E-state index is 6.56. The molecule has 2 heteroatoms. The number of benzene rings is 8. The van der Waals surface area contributed by atoms with Crippen LogP contribution in [0.5, 0.6) is 0 Å². The van der Waals surface area contributed by atoms with Gasteiger partial charge < -0.3 is 10.6 Å². The van der Waals surface area contributed by atoms with Crippen LogP contribution < -0.4 is 10.6 Å². The minimum Gasteiger partial charge on any atom is -0.397 e. The molecule has 8 aromatic rings. The van der Waals surface area contributed by atoms with Gasteiger partial charge in [0.25, 0.3) is 0 Å². The third kappa shape index (κ3) is 6.30. The lowest BCUT2D eigenvalue weighted by Gasteiger charge is -2.30. The van der Waals surface area contributed by atoms with Gasteiger partial charge in [0.05, 0.1) is 11.4 Å². The van der Waals surface area contributed by atoms with Crippen molar-refractivity contribution in [3.8, 4) is 44.5 Å². The van der Waals surface area contributed by atoms with E-state index in [0.29, 0.717) is 5.92 Å². The zero-order chi connectivity index (χ0) is 35.6. The summed E-state index contributed by atoms with van der Waals surface area (Å²) in [5.41, 5.74) is 19.3. The van der Waals surface area contributed by atoms with Gasteiger partial charge in [0, 0.05) is 12.2 Å². The first-order valence-electron chi connectivity index (χ1n) is 18.5. The van der Waals surface area contributed by atoms with Crippen molar-refractivity contribution in [1.29, 1.82) is 0 Å². The van der Waals surface area contributed by atoms with Gasteiger partial charge in [-0.05, 0) is 103 Å². The van der Waals surface area contributed by atoms with Crippen molar-refractivity contribution in [2.24, 2.45) is 5.92 Å². The lowest BCUT2D eigenvalue weighted by Crippen LogP contribution is -2.25. The third-order valence-corrected chi connectivity index (χ3v) is 10.6. The predicted octanol–water partition coefficient (Wildman–Crippen LogP) is 13.5. The molecule has 2 nitrogen and oxygen atoms in total. The first kappa shape index (κ1) is 32.3. The van der Waals surface area contributed by atoms with Crippen LogP contribution in [0.25, 0.3) is 66.1 Å². The van der Waals surface area contributed by atoms with Crippen LogP contribution in [0.1, 0.15) is 6.42 Å². The molecule has 254 valence electrons. The Bertz CT molecular complexity index is 2540. The lowest BCUT2D eigenvalue weighted by atomic mass is 9.85. The quantitative estimate of drug-likeness (QED) is 0.128. The maximum Gasteiger partial charge on any atom is 0.0644 e. The highest BCUT2D eigenvalue weighted by atomic mass is 15.1. The molecule has 1 aliphatic carbocycles. The van der Waals surface area contributed by atoms with Crippen LogP contribution in [-0.4, -0.2) is 6.54 Å². The van der Waals surface area contributed by atoms with Crippen LogP contribution in [0.2, 0.25) is 0 Å². The number of fused-ring (bicyclic) bond motifs is 2. The molecule has 8 aromatic carbocycles. The van der Waals surface area contributed by atoms with E-state index >= 15 is 0 Å². The largest absolute Gasteiger partial charge is 0.397 e. The molecule has 1 atom stereocenters. The summed E-state index contributed by atoms with van der Waals surface area (Å²) in [6.07, 6.45) is 9.86. The Kier molecular flexibility index (Phi) is 8.63. The summed E-state index contributed by atoms with van der Waals surface area (Å²) in [4.78, 5) is 2.37. The zero-order valence-corrected chi connectivity index (χ0v) is 29.6. The molecule has 9 rings (SSSR count). The van der Waals surface area contributed by atoms with Gasteiger partial charge in [-0.2, -0.15) is 0 Å². The van der Waals surface area contributed by atoms with Crippen molar-refractivity contribution >= 4 is 38.6 Å². The van der Waals surface area contributed by atoms with Gasteiger partial charge in [0.2, 0.25) is 0 Å². The van der Waals surface area contributed by atoms with Crippen molar-refractivity contribution in [1.82, 2.24) is 0 Å². The average molecular weight is 681 g/mol. The Labute approximate surface area is 311 Å². The lowest BCUT2D eigenvalue weighted by molar-refractivity contribution is 0.657. The molecule has 0 amide bonds. The third-order valence-electron chi connectivity index (χ3n) is 10.6. The van der Waals surface area contributed by atoms with Gasteiger partial charge in [-0.25, -0.2) is 0 Å². The van der Waals surface area contributed by atoms with E-state index in [2.05, 4.69) is 193 Å². The summed E-state index contributed by atoms with van der Waals surface area (Å²) in [7, 11) is 0. The van der Waals surface area contributed by atoms with E-state index < -0.39 is 0 Å². The Morgan fingerprint density at radius 1 is 0.434 bits per heavy atom. The minimum absolute atomic E-state index is 0.411. The average Bonchev–Trinajstić information content (AvgIpc) is 3.23. The van der Waals surface area contributed by atoms with Crippen molar-refractivity contribution in [2.45, 2.75) is 6.42 Å². The number of hydrogen-bond acceptors (Lipinski definition) is 2. The number of nitrogens with two attached hydrogens (primary N) is 1. The summed E-state index contributed by atoms with van der Waals surface area (Å²) in [5.74, 6) is 0.411. The fourth-order valence-electron chi connectivity index (χ4n) is 7.95. The highest BCUT2D eigenvalue weighted by Crippen LogP contribution is 2.44. The van der Waals surface area contributed by atoms with Crippen LogP contribution in [0.3, 0.4) is 0 Å². The van der Waals surface area contributed by atoms with Crippen molar-refractivity contribution in [3.05, 3.63) is 200 Å². The smallest absolute Gasteiger partial charge is 0.0644 e. The summed E-state index contributed by atoms with van der Waals surface area (Å²) in [5, 5.41) is 5.00. The van der Waals surface area contributed by atoms with Crippen LogP contribution in [0.15, 0.2) is 200 Å². The molecule has 0 radical (unpaired) electrons. The molecular formula is C51H40N2. The van der Waals surface area contributed by atoms with Crippen molar-refractivity contribution in [3.63, 3.8) is 0 Å². The Hall–Kier alpha value is -6.64. The standard InChI is InChI=1S/C51H40N2/c52-48-21-11-12-22-49(48)53(35-36-13-3-1-4-14-36)43-33-31-42(32-34-43)51-46-19-9-7-17-44(46)50(45-18-8-10-20-47(45)51)41-29-27-40(28-30-41)39-25-23-38(24-26-39)37-15-5-2-6-16-37/h1-13,15-34,36H,14,35,52H2. The van der Waals surface area contributed by atoms with Gasteiger partial charge in [-0.3, -0.25) is 0 Å². The first-order chi connectivity index (χ1) is 26.2. The van der Waals surface area contributed by atoms with E-state index in [-0.39, 0.29) is 0 Å². The Balaban J connectivity index is 1.10. The van der Waals surface area contributed by atoms with Gasteiger partial charge in [-0.1, -0.05) is 176 Å². The number of nitrogen functional groups attached to an aromatic ring is 1. The van der Waals surface area contributed by atoms with E-state index in [1.165, 1.54) is 66.1 Å². The topological polar surface area (TPSA) is 29.3 Å². The van der Waals surface area contributed by atoms with Crippen LogP contribution in [-0.2, 0) is 0 Å². The molecule has 2 N–H and O–H groups in total. The Morgan fingerprint density at radius 3 is 1.36 bits per heavy atom. The van der Waals surface area contributed by atoms with Gasteiger partial charge in [0.1, 0.15) is 0 Å². The molecule has 1 unspecified atom stereocenters. The van der Waals surface area contributed by atoms with E-state index in [0.717, 1.165) is 30.0 Å². The molecule has 1 aliphatic rings. The summed E-state index contributed by atoms with van der Waals surface area (Å²) >= 11 is 0. The number of anilines is 3. The molecule has 53 heavy (non-hydrogen) atoms. The monoisotopic (exact) mass is 680 g/mol. The fourth-order valence-corrected chi connectivity index (χ4v) is 7.95. The first-order valence-corrected chi connectivity index (χ1v) is 18.5. The SMILES string of the molecule is Nc1ccccc1N(CC1C=CC=CC1)c1ccc(-c2c3ccccc3c(-c3ccc(-c4ccc(-c5ccccc5)cc4)cc3)c3ccccc23)cc1. The van der Waals surface area contributed by atoms with Crippen LogP contribution in [0, 0.1) is 5.92 Å². The maximum atomic E-state index is 6.56. The number of nitrogens with zero attached hydrogens (tertiary/aromatic N) is 1. The number of hydrogen-bond donors (Lipinski definition) is 1. The van der Waals surface area contributed by atoms with Crippen molar-refractivity contribution < 1.29 is 0 Å². The fraction of sp³-hybridized carbons (Fsp3) is 0.0588. The molecule has 0 saturated carbocycles. The summed E-state index contributed by atoms with van der Waals surface area (Å²) in [6, 6.07) is 63.5. The molecule has 0 bridgehead atoms. The highest BCUT2D eigenvalue weighted by molar-refractivity contribution is 6.21. The molecule has 0 saturated heterocycles. The minimum atomic E-state index is 0.411. The van der Waals surface area contributed by atoms with E-state index in [4.69, 9.17) is 5.73 Å². The molecule has 0 spiro atoms.